The molecule has 0 aromatic carbocycles. The number of nitrogens with zero attached hydrogens (tertiary/aromatic N) is 4. The standard InChI is InChI=1S/C14H20N4/c1-17-7-4-12(5-8-17)11-18(2)14-10-16-6-3-13(14)9-15/h3,6,10,12H,4-5,7-8,11H2,1-2H3. The normalized spacial score (nSPS) is 17.4. The molecule has 0 atom stereocenters. The topological polar surface area (TPSA) is 43.2 Å². The lowest BCUT2D eigenvalue weighted by Crippen LogP contribution is -2.35. The van der Waals surface area contributed by atoms with Gasteiger partial charge in [0, 0.05) is 19.8 Å². The molecule has 4 nitrogen and oxygen atoms in total. The van der Waals surface area contributed by atoms with E-state index in [4.69, 9.17) is 5.26 Å². The van der Waals surface area contributed by atoms with Gasteiger partial charge in [0.2, 0.25) is 0 Å². The van der Waals surface area contributed by atoms with Gasteiger partial charge in [-0.15, -0.1) is 0 Å². The van der Waals surface area contributed by atoms with Crippen molar-refractivity contribution in [1.29, 1.82) is 5.26 Å². The number of rotatable bonds is 3. The fourth-order valence-corrected chi connectivity index (χ4v) is 2.52. The molecule has 0 saturated carbocycles. The van der Waals surface area contributed by atoms with Crippen molar-refractivity contribution >= 4 is 5.69 Å². The van der Waals surface area contributed by atoms with Crippen LogP contribution in [0.4, 0.5) is 5.69 Å². The zero-order valence-corrected chi connectivity index (χ0v) is 11.1. The third kappa shape index (κ3) is 2.99. The van der Waals surface area contributed by atoms with Crippen molar-refractivity contribution in [3.63, 3.8) is 0 Å². The van der Waals surface area contributed by atoms with Gasteiger partial charge >= 0.3 is 0 Å². The molecule has 0 spiro atoms. The Balaban J connectivity index is 1.99. The zero-order chi connectivity index (χ0) is 13.0. The Kier molecular flexibility index (Phi) is 4.16. The maximum Gasteiger partial charge on any atom is 0.101 e. The summed E-state index contributed by atoms with van der Waals surface area (Å²) < 4.78 is 0. The molecule has 0 N–H and O–H groups in total. The number of anilines is 1. The van der Waals surface area contributed by atoms with Crippen LogP contribution in [0.25, 0.3) is 0 Å². The van der Waals surface area contributed by atoms with Crippen LogP contribution < -0.4 is 4.90 Å². The van der Waals surface area contributed by atoms with Gasteiger partial charge in [-0.2, -0.15) is 5.26 Å². The number of hydrogen-bond acceptors (Lipinski definition) is 4. The maximum absolute atomic E-state index is 9.10. The van der Waals surface area contributed by atoms with Gasteiger partial charge in [0.15, 0.2) is 0 Å². The lowest BCUT2D eigenvalue weighted by molar-refractivity contribution is 0.222. The first-order chi connectivity index (χ1) is 8.70. The van der Waals surface area contributed by atoms with Gasteiger partial charge in [0.05, 0.1) is 17.4 Å². The average molecular weight is 244 g/mol. The summed E-state index contributed by atoms with van der Waals surface area (Å²) in [5.74, 6) is 0.720. The molecule has 0 amide bonds. The summed E-state index contributed by atoms with van der Waals surface area (Å²) in [6.45, 7) is 3.36. The van der Waals surface area contributed by atoms with Crippen molar-refractivity contribution in [2.75, 3.05) is 38.6 Å². The Morgan fingerprint density at radius 2 is 2.22 bits per heavy atom. The first-order valence-electron chi connectivity index (χ1n) is 6.44. The van der Waals surface area contributed by atoms with Crippen molar-refractivity contribution in [3.05, 3.63) is 24.0 Å². The van der Waals surface area contributed by atoms with Crippen molar-refractivity contribution in [1.82, 2.24) is 9.88 Å². The summed E-state index contributed by atoms with van der Waals surface area (Å²) >= 11 is 0. The van der Waals surface area contributed by atoms with Gasteiger partial charge in [0.25, 0.3) is 0 Å². The molecule has 0 bridgehead atoms. The molecule has 1 aliphatic rings. The van der Waals surface area contributed by atoms with Crippen LogP contribution in [-0.2, 0) is 0 Å². The number of piperidine rings is 1. The highest BCUT2D eigenvalue weighted by Gasteiger charge is 2.19. The van der Waals surface area contributed by atoms with Crippen molar-refractivity contribution in [2.24, 2.45) is 5.92 Å². The molecule has 2 heterocycles. The molecule has 4 heteroatoms. The van der Waals surface area contributed by atoms with Crippen molar-refractivity contribution in [3.8, 4) is 6.07 Å². The number of likely N-dealkylation sites (tertiary alicyclic amines) is 1. The molecule has 18 heavy (non-hydrogen) atoms. The van der Waals surface area contributed by atoms with Crippen LogP contribution in [0.1, 0.15) is 18.4 Å². The van der Waals surface area contributed by atoms with Crippen LogP contribution in [-0.4, -0.2) is 43.6 Å². The van der Waals surface area contributed by atoms with Crippen LogP contribution in [0.2, 0.25) is 0 Å². The lowest BCUT2D eigenvalue weighted by Gasteiger charge is -2.32. The Morgan fingerprint density at radius 3 is 2.89 bits per heavy atom. The molecule has 2 rings (SSSR count). The van der Waals surface area contributed by atoms with Crippen LogP contribution >= 0.6 is 0 Å². The summed E-state index contributed by atoms with van der Waals surface area (Å²) in [5, 5.41) is 9.10. The van der Waals surface area contributed by atoms with Crippen LogP contribution in [0, 0.1) is 17.2 Å². The number of hydrogen-bond donors (Lipinski definition) is 0. The fraction of sp³-hybridized carbons (Fsp3) is 0.571. The quantitative estimate of drug-likeness (QED) is 0.812. The van der Waals surface area contributed by atoms with Gasteiger partial charge in [-0.25, -0.2) is 0 Å². The summed E-state index contributed by atoms with van der Waals surface area (Å²) in [5.41, 5.74) is 1.65. The largest absolute Gasteiger partial charge is 0.372 e. The predicted octanol–water partition coefficient (Wildman–Crippen LogP) is 1.73. The highest BCUT2D eigenvalue weighted by atomic mass is 15.1. The molecule has 0 aliphatic carbocycles. The second-order valence-corrected chi connectivity index (χ2v) is 5.13. The van der Waals surface area contributed by atoms with Gasteiger partial charge in [-0.1, -0.05) is 0 Å². The molecule has 1 fully saturated rings. The van der Waals surface area contributed by atoms with E-state index in [1.807, 2.05) is 0 Å². The van der Waals surface area contributed by atoms with Gasteiger partial charge < -0.3 is 9.80 Å². The highest BCUT2D eigenvalue weighted by molar-refractivity contribution is 5.56. The summed E-state index contributed by atoms with van der Waals surface area (Å²) in [4.78, 5) is 8.66. The van der Waals surface area contributed by atoms with Crippen molar-refractivity contribution in [2.45, 2.75) is 12.8 Å². The average Bonchev–Trinajstić information content (AvgIpc) is 2.41. The van der Waals surface area contributed by atoms with Crippen LogP contribution in [0.3, 0.4) is 0 Å². The summed E-state index contributed by atoms with van der Waals surface area (Å²) in [6, 6.07) is 4.01. The van der Waals surface area contributed by atoms with E-state index in [1.54, 1.807) is 18.5 Å². The van der Waals surface area contributed by atoms with E-state index < -0.39 is 0 Å². The van der Waals surface area contributed by atoms with E-state index in [1.165, 1.54) is 25.9 Å². The molecule has 1 aromatic heterocycles. The maximum atomic E-state index is 9.10. The Labute approximate surface area is 109 Å². The molecular formula is C14H20N4. The minimum absolute atomic E-state index is 0.709. The second-order valence-electron chi connectivity index (χ2n) is 5.13. The van der Waals surface area contributed by atoms with Crippen molar-refractivity contribution < 1.29 is 0 Å². The molecule has 0 unspecified atom stereocenters. The molecule has 96 valence electrons. The van der Waals surface area contributed by atoms with Crippen LogP contribution in [0.5, 0.6) is 0 Å². The van der Waals surface area contributed by atoms with Gasteiger partial charge in [-0.05, 0) is 45.0 Å². The van der Waals surface area contributed by atoms with Gasteiger partial charge in [-0.3, -0.25) is 4.98 Å². The fourth-order valence-electron chi connectivity index (χ4n) is 2.52. The van der Waals surface area contributed by atoms with E-state index in [9.17, 15) is 0 Å². The van der Waals surface area contributed by atoms with Crippen LogP contribution in [0.15, 0.2) is 18.5 Å². The lowest BCUT2D eigenvalue weighted by atomic mass is 9.96. The SMILES string of the molecule is CN1CCC(CN(C)c2cnccc2C#N)CC1. The Morgan fingerprint density at radius 1 is 1.50 bits per heavy atom. The highest BCUT2D eigenvalue weighted by Crippen LogP contribution is 2.22. The van der Waals surface area contributed by atoms with E-state index in [0.29, 0.717) is 5.56 Å². The summed E-state index contributed by atoms with van der Waals surface area (Å²) in [7, 11) is 4.23. The summed E-state index contributed by atoms with van der Waals surface area (Å²) in [6.07, 6.45) is 5.94. The first-order valence-corrected chi connectivity index (χ1v) is 6.44. The molecule has 1 saturated heterocycles. The van der Waals surface area contributed by atoms with E-state index >= 15 is 0 Å². The smallest absolute Gasteiger partial charge is 0.101 e. The number of nitriles is 1. The predicted molar refractivity (Wildman–Crippen MR) is 72.4 cm³/mol. The third-order valence-corrected chi connectivity index (χ3v) is 3.70. The number of pyridine rings is 1. The molecule has 1 aromatic rings. The minimum Gasteiger partial charge on any atom is -0.372 e. The Bertz CT molecular complexity index is 430. The molecule has 1 aliphatic heterocycles. The van der Waals surface area contributed by atoms with Gasteiger partial charge in [0.1, 0.15) is 6.07 Å². The molecular weight excluding hydrogens is 224 g/mol. The number of aromatic nitrogens is 1. The van der Waals surface area contributed by atoms with E-state index in [2.05, 4.69) is 34.9 Å². The second kappa shape index (κ2) is 5.83. The Hall–Kier alpha value is -1.60. The third-order valence-electron chi connectivity index (χ3n) is 3.70. The first kappa shape index (κ1) is 12.8. The van der Waals surface area contributed by atoms with E-state index in [0.717, 1.165) is 18.2 Å². The van der Waals surface area contributed by atoms with E-state index in [-0.39, 0.29) is 0 Å². The monoisotopic (exact) mass is 244 g/mol. The molecule has 0 radical (unpaired) electrons. The minimum atomic E-state index is 0.709. The zero-order valence-electron chi connectivity index (χ0n) is 11.1.